The summed E-state index contributed by atoms with van der Waals surface area (Å²) in [6.45, 7) is 2.15. The van der Waals surface area contributed by atoms with E-state index in [0.717, 1.165) is 18.4 Å². The molecule has 0 unspecified atom stereocenters. The van der Waals surface area contributed by atoms with Crippen LogP contribution in [0.1, 0.15) is 49.4 Å². The van der Waals surface area contributed by atoms with Gasteiger partial charge in [0.05, 0.1) is 11.0 Å². The molecule has 0 radical (unpaired) electrons. The molecule has 2 aromatic rings. The lowest BCUT2D eigenvalue weighted by Crippen LogP contribution is -1.99. The van der Waals surface area contributed by atoms with Crippen molar-refractivity contribution in [1.82, 2.24) is 9.97 Å². The molecule has 0 aliphatic carbocycles. The van der Waals surface area contributed by atoms with Gasteiger partial charge in [0, 0.05) is 12.0 Å². The van der Waals surface area contributed by atoms with Crippen LogP contribution in [0.5, 0.6) is 0 Å². The summed E-state index contributed by atoms with van der Waals surface area (Å²) in [5, 5.41) is 0. The van der Waals surface area contributed by atoms with E-state index in [0.29, 0.717) is 17.5 Å². The molecule has 0 fully saturated rings. The van der Waals surface area contributed by atoms with Crippen LogP contribution < -0.4 is 5.69 Å². The van der Waals surface area contributed by atoms with Gasteiger partial charge >= 0.3 is 5.69 Å². The number of carbonyl (C=O) groups excluding carboxylic acids is 1. The predicted molar refractivity (Wildman–Crippen MR) is 72.0 cm³/mol. The van der Waals surface area contributed by atoms with E-state index >= 15 is 0 Å². The zero-order chi connectivity index (χ0) is 13.0. The Morgan fingerprint density at radius 1 is 1.11 bits per heavy atom. The predicted octanol–water partition coefficient (Wildman–Crippen LogP) is 3.01. The van der Waals surface area contributed by atoms with E-state index in [1.807, 2.05) is 0 Å². The van der Waals surface area contributed by atoms with Crippen LogP contribution in [0, 0.1) is 0 Å². The number of benzene rings is 1. The topological polar surface area (TPSA) is 65.7 Å². The second kappa shape index (κ2) is 5.67. The van der Waals surface area contributed by atoms with Crippen molar-refractivity contribution in [2.75, 3.05) is 0 Å². The average molecular weight is 246 g/mol. The van der Waals surface area contributed by atoms with Gasteiger partial charge in [0.1, 0.15) is 0 Å². The lowest BCUT2D eigenvalue weighted by Gasteiger charge is -2.01. The summed E-state index contributed by atoms with van der Waals surface area (Å²) in [6.07, 6.45) is 4.97. The number of ketones is 1. The fraction of sp³-hybridized carbons (Fsp3) is 0.429. The van der Waals surface area contributed by atoms with E-state index in [-0.39, 0.29) is 11.5 Å². The minimum absolute atomic E-state index is 0.148. The number of hydrogen-bond acceptors (Lipinski definition) is 2. The van der Waals surface area contributed by atoms with E-state index in [1.54, 1.807) is 18.2 Å². The molecule has 0 bridgehead atoms. The number of aromatic nitrogens is 2. The van der Waals surface area contributed by atoms with Gasteiger partial charge in [-0.3, -0.25) is 4.79 Å². The van der Waals surface area contributed by atoms with Gasteiger partial charge in [-0.1, -0.05) is 26.2 Å². The first kappa shape index (κ1) is 12.6. The number of rotatable bonds is 6. The highest BCUT2D eigenvalue weighted by molar-refractivity contribution is 5.98. The van der Waals surface area contributed by atoms with E-state index in [4.69, 9.17) is 0 Å². The number of hydrogen-bond donors (Lipinski definition) is 2. The Labute approximate surface area is 105 Å². The van der Waals surface area contributed by atoms with E-state index < -0.39 is 0 Å². The molecule has 2 N–H and O–H groups in total. The van der Waals surface area contributed by atoms with Crippen LogP contribution >= 0.6 is 0 Å². The third-order valence-corrected chi connectivity index (χ3v) is 3.10. The van der Waals surface area contributed by atoms with Gasteiger partial charge in [0.2, 0.25) is 0 Å². The van der Waals surface area contributed by atoms with Crippen molar-refractivity contribution in [3.63, 3.8) is 0 Å². The summed E-state index contributed by atoms with van der Waals surface area (Å²) in [5.74, 6) is 0.148. The Bertz CT molecular complexity index is 595. The number of H-pyrrole nitrogens is 2. The smallest absolute Gasteiger partial charge is 0.306 e. The number of nitrogens with one attached hydrogen (secondary N) is 2. The number of Topliss-reactive ketones (excluding diaryl/α,β-unsaturated/α-hetero) is 1. The number of imidazole rings is 1. The highest BCUT2D eigenvalue weighted by Crippen LogP contribution is 2.13. The molecule has 4 heteroatoms. The summed E-state index contributed by atoms with van der Waals surface area (Å²) in [7, 11) is 0. The molecule has 1 aromatic heterocycles. The van der Waals surface area contributed by atoms with Crippen molar-refractivity contribution >= 4 is 16.8 Å². The maximum atomic E-state index is 12.0. The molecule has 18 heavy (non-hydrogen) atoms. The molecule has 0 aliphatic rings. The molecule has 4 nitrogen and oxygen atoms in total. The number of fused-ring (bicyclic) bond motifs is 1. The van der Waals surface area contributed by atoms with Crippen molar-refractivity contribution in [3.8, 4) is 0 Å². The van der Waals surface area contributed by atoms with Gasteiger partial charge in [0.15, 0.2) is 5.78 Å². The number of aromatic amines is 2. The Hall–Kier alpha value is -1.84. The summed E-state index contributed by atoms with van der Waals surface area (Å²) in [5.41, 5.74) is 1.87. The summed E-state index contributed by atoms with van der Waals surface area (Å²) in [6, 6.07) is 5.29. The third kappa shape index (κ3) is 2.88. The monoisotopic (exact) mass is 246 g/mol. The molecular formula is C14H18N2O2. The molecule has 0 amide bonds. The standard InChI is InChI=1S/C14H18N2O2/c1-2-3-4-5-6-13(17)10-7-8-11-12(9-10)16-14(18)15-11/h7-9H,2-6H2,1H3,(H2,15,16,18). The van der Waals surface area contributed by atoms with Gasteiger partial charge < -0.3 is 9.97 Å². The molecule has 0 spiro atoms. The van der Waals surface area contributed by atoms with Crippen LogP contribution in [0.25, 0.3) is 11.0 Å². The third-order valence-electron chi connectivity index (χ3n) is 3.10. The fourth-order valence-corrected chi connectivity index (χ4v) is 2.06. The van der Waals surface area contributed by atoms with Gasteiger partial charge in [-0.25, -0.2) is 4.79 Å². The molecule has 0 aliphatic heterocycles. The maximum Gasteiger partial charge on any atom is 0.323 e. The minimum Gasteiger partial charge on any atom is -0.306 e. The molecule has 1 aromatic carbocycles. The molecule has 2 rings (SSSR count). The van der Waals surface area contributed by atoms with Crippen molar-refractivity contribution < 1.29 is 4.79 Å². The van der Waals surface area contributed by atoms with Crippen LogP contribution in [-0.4, -0.2) is 15.8 Å². The van der Waals surface area contributed by atoms with E-state index in [9.17, 15) is 9.59 Å². The highest BCUT2D eigenvalue weighted by Gasteiger charge is 2.07. The normalized spacial score (nSPS) is 10.9. The summed E-state index contributed by atoms with van der Waals surface area (Å²) < 4.78 is 0. The average Bonchev–Trinajstić information content (AvgIpc) is 2.73. The first-order valence-corrected chi connectivity index (χ1v) is 6.46. The van der Waals surface area contributed by atoms with Crippen molar-refractivity contribution in [3.05, 3.63) is 34.2 Å². The molecular weight excluding hydrogens is 228 g/mol. The van der Waals surface area contributed by atoms with Crippen LogP contribution in [0.15, 0.2) is 23.0 Å². The molecule has 0 saturated heterocycles. The van der Waals surface area contributed by atoms with Gasteiger partial charge in [-0.05, 0) is 24.6 Å². The SMILES string of the molecule is CCCCCCC(=O)c1ccc2[nH]c(=O)[nH]c2c1. The summed E-state index contributed by atoms with van der Waals surface area (Å²) in [4.78, 5) is 28.4. The largest absolute Gasteiger partial charge is 0.323 e. The molecule has 0 saturated carbocycles. The van der Waals surface area contributed by atoms with Gasteiger partial charge in [0.25, 0.3) is 0 Å². The number of unbranched alkanes of at least 4 members (excludes halogenated alkanes) is 3. The number of carbonyl (C=O) groups is 1. The Kier molecular flexibility index (Phi) is 3.97. The molecule has 0 atom stereocenters. The van der Waals surface area contributed by atoms with Crippen LogP contribution in [0.4, 0.5) is 0 Å². The van der Waals surface area contributed by atoms with E-state index in [1.165, 1.54) is 12.8 Å². The highest BCUT2D eigenvalue weighted by atomic mass is 16.1. The van der Waals surface area contributed by atoms with E-state index in [2.05, 4.69) is 16.9 Å². The molecule has 1 heterocycles. The van der Waals surface area contributed by atoms with Crippen molar-refractivity contribution in [2.24, 2.45) is 0 Å². The maximum absolute atomic E-state index is 12.0. The second-order valence-electron chi connectivity index (χ2n) is 4.57. The Morgan fingerprint density at radius 2 is 1.89 bits per heavy atom. The van der Waals surface area contributed by atoms with Crippen LogP contribution in [0.3, 0.4) is 0 Å². The van der Waals surface area contributed by atoms with Gasteiger partial charge in [-0.2, -0.15) is 0 Å². The Morgan fingerprint density at radius 3 is 2.67 bits per heavy atom. The lowest BCUT2D eigenvalue weighted by atomic mass is 10.0. The van der Waals surface area contributed by atoms with Crippen LogP contribution in [0.2, 0.25) is 0 Å². The second-order valence-corrected chi connectivity index (χ2v) is 4.57. The van der Waals surface area contributed by atoms with Gasteiger partial charge in [-0.15, -0.1) is 0 Å². The lowest BCUT2D eigenvalue weighted by molar-refractivity contribution is 0.0979. The van der Waals surface area contributed by atoms with Crippen LogP contribution in [-0.2, 0) is 0 Å². The zero-order valence-corrected chi connectivity index (χ0v) is 10.6. The Balaban J connectivity index is 2.05. The molecule has 96 valence electrons. The first-order chi connectivity index (χ1) is 8.70. The van der Waals surface area contributed by atoms with Crippen molar-refractivity contribution in [2.45, 2.75) is 39.0 Å². The quantitative estimate of drug-likeness (QED) is 0.607. The zero-order valence-electron chi connectivity index (χ0n) is 10.6. The minimum atomic E-state index is -0.238. The first-order valence-electron chi connectivity index (χ1n) is 6.46. The summed E-state index contributed by atoms with van der Waals surface area (Å²) >= 11 is 0. The van der Waals surface area contributed by atoms with Crippen molar-refractivity contribution in [1.29, 1.82) is 0 Å². The fourth-order valence-electron chi connectivity index (χ4n) is 2.06.